The first-order valence-corrected chi connectivity index (χ1v) is 8.33. The predicted octanol–water partition coefficient (Wildman–Crippen LogP) is 5.10. The number of anilines is 1. The van der Waals surface area contributed by atoms with E-state index in [2.05, 4.69) is 17.2 Å². The first-order valence-electron chi connectivity index (χ1n) is 8.33. The van der Waals surface area contributed by atoms with Gasteiger partial charge in [-0.1, -0.05) is 31.2 Å². The molecule has 0 bridgehead atoms. The number of amides is 1. The molecule has 2 aromatic carbocycles. The number of nitrogens with zero attached hydrogens (tertiary/aromatic N) is 1. The summed E-state index contributed by atoms with van der Waals surface area (Å²) in [4.78, 5) is 17.0. The third-order valence-corrected chi connectivity index (χ3v) is 4.28. The van der Waals surface area contributed by atoms with Crippen molar-refractivity contribution in [3.63, 3.8) is 0 Å². The summed E-state index contributed by atoms with van der Waals surface area (Å²) in [5.74, 6) is -0.0112. The molecule has 0 atom stereocenters. The molecule has 0 radical (unpaired) electrons. The van der Waals surface area contributed by atoms with E-state index in [1.165, 1.54) is 5.56 Å². The van der Waals surface area contributed by atoms with E-state index in [-0.39, 0.29) is 11.7 Å². The summed E-state index contributed by atoms with van der Waals surface area (Å²) in [6.45, 7) is 4.11. The normalized spacial score (nSPS) is 11.1. The summed E-state index contributed by atoms with van der Waals surface area (Å²) in [6.07, 6.45) is 0.921. The van der Waals surface area contributed by atoms with Crippen molar-refractivity contribution in [3.8, 4) is 0 Å². The topological polar surface area (TPSA) is 55.1 Å². The highest BCUT2D eigenvalue weighted by atomic mass is 16.4. The van der Waals surface area contributed by atoms with Crippen LogP contribution in [0.4, 0.5) is 5.69 Å². The van der Waals surface area contributed by atoms with Gasteiger partial charge in [0, 0.05) is 16.5 Å². The van der Waals surface area contributed by atoms with Gasteiger partial charge in [0.15, 0.2) is 5.76 Å². The highest BCUT2D eigenvalue weighted by Crippen LogP contribution is 2.24. The first-order chi connectivity index (χ1) is 12.1. The zero-order chi connectivity index (χ0) is 17.4. The van der Waals surface area contributed by atoms with Gasteiger partial charge in [-0.25, -0.2) is 4.98 Å². The Balaban J connectivity index is 1.68. The second kappa shape index (κ2) is 6.06. The van der Waals surface area contributed by atoms with E-state index >= 15 is 0 Å². The van der Waals surface area contributed by atoms with E-state index in [0.717, 1.165) is 34.0 Å². The minimum absolute atomic E-state index is 0.261. The minimum atomic E-state index is -0.272. The van der Waals surface area contributed by atoms with Crippen LogP contribution in [0.2, 0.25) is 0 Å². The zero-order valence-corrected chi connectivity index (χ0v) is 14.2. The van der Waals surface area contributed by atoms with Crippen LogP contribution in [-0.4, -0.2) is 10.9 Å². The van der Waals surface area contributed by atoms with Gasteiger partial charge in [-0.3, -0.25) is 4.79 Å². The number of hydrogen-bond donors (Lipinski definition) is 1. The number of rotatable bonds is 3. The van der Waals surface area contributed by atoms with Crippen LogP contribution >= 0.6 is 0 Å². The minimum Gasteiger partial charge on any atom is -0.433 e. The number of pyridine rings is 1. The molecular weight excluding hydrogens is 312 g/mol. The Morgan fingerprint density at radius 3 is 2.80 bits per heavy atom. The van der Waals surface area contributed by atoms with Crippen molar-refractivity contribution >= 4 is 33.6 Å². The van der Waals surface area contributed by atoms with Gasteiger partial charge in [-0.15, -0.1) is 0 Å². The van der Waals surface area contributed by atoms with E-state index in [9.17, 15) is 4.79 Å². The van der Waals surface area contributed by atoms with Crippen molar-refractivity contribution in [2.24, 2.45) is 0 Å². The molecule has 0 saturated heterocycles. The number of aromatic nitrogens is 1. The summed E-state index contributed by atoms with van der Waals surface area (Å²) < 4.78 is 5.68. The molecule has 0 spiro atoms. The number of carbonyl (C=O) groups excluding carboxylic acids is 1. The average Bonchev–Trinajstić information content (AvgIpc) is 3.03. The Hall–Kier alpha value is -3.14. The second-order valence-corrected chi connectivity index (χ2v) is 6.20. The molecule has 25 heavy (non-hydrogen) atoms. The monoisotopic (exact) mass is 330 g/mol. The fourth-order valence-electron chi connectivity index (χ4n) is 2.91. The quantitative estimate of drug-likeness (QED) is 0.568. The lowest BCUT2D eigenvalue weighted by molar-refractivity contribution is 0.0998. The molecule has 4 heteroatoms. The van der Waals surface area contributed by atoms with Crippen LogP contribution in [0.3, 0.4) is 0 Å². The van der Waals surface area contributed by atoms with Crippen molar-refractivity contribution in [1.29, 1.82) is 0 Å². The summed E-state index contributed by atoms with van der Waals surface area (Å²) in [7, 11) is 0. The summed E-state index contributed by atoms with van der Waals surface area (Å²) in [5, 5.41) is 4.74. The van der Waals surface area contributed by atoms with Crippen molar-refractivity contribution in [2.75, 3.05) is 5.32 Å². The van der Waals surface area contributed by atoms with Crippen molar-refractivity contribution in [1.82, 2.24) is 4.98 Å². The molecular formula is C21H18N2O2. The second-order valence-electron chi connectivity index (χ2n) is 6.20. The Bertz CT molecular complexity index is 1100. The van der Waals surface area contributed by atoms with Gasteiger partial charge >= 0.3 is 0 Å². The number of fused-ring (bicyclic) bond motifs is 2. The lowest BCUT2D eigenvalue weighted by Gasteiger charge is -2.04. The van der Waals surface area contributed by atoms with Crippen LogP contribution in [-0.2, 0) is 6.42 Å². The van der Waals surface area contributed by atoms with E-state index in [0.29, 0.717) is 5.71 Å². The van der Waals surface area contributed by atoms with E-state index in [1.807, 2.05) is 55.5 Å². The van der Waals surface area contributed by atoms with Crippen molar-refractivity contribution in [3.05, 3.63) is 71.5 Å². The van der Waals surface area contributed by atoms with Gasteiger partial charge in [-0.05, 0) is 54.8 Å². The Labute approximate surface area is 145 Å². The van der Waals surface area contributed by atoms with Gasteiger partial charge < -0.3 is 9.73 Å². The maximum Gasteiger partial charge on any atom is 0.291 e. The van der Waals surface area contributed by atoms with Crippen LogP contribution in [0.25, 0.3) is 22.0 Å². The molecule has 4 aromatic rings. The van der Waals surface area contributed by atoms with Gasteiger partial charge in [-0.2, -0.15) is 0 Å². The molecule has 0 aliphatic heterocycles. The molecule has 0 fully saturated rings. The van der Waals surface area contributed by atoms with E-state index in [1.54, 1.807) is 6.07 Å². The van der Waals surface area contributed by atoms with Crippen LogP contribution in [0.1, 0.15) is 28.6 Å². The fourth-order valence-corrected chi connectivity index (χ4v) is 2.91. The largest absolute Gasteiger partial charge is 0.433 e. The molecule has 0 saturated carbocycles. The maximum atomic E-state index is 12.5. The number of hydrogen-bond acceptors (Lipinski definition) is 3. The zero-order valence-electron chi connectivity index (χ0n) is 14.2. The van der Waals surface area contributed by atoms with Gasteiger partial charge in [0.2, 0.25) is 5.71 Å². The van der Waals surface area contributed by atoms with E-state index < -0.39 is 0 Å². The van der Waals surface area contributed by atoms with Crippen LogP contribution in [0, 0.1) is 6.92 Å². The molecule has 1 N–H and O–H groups in total. The van der Waals surface area contributed by atoms with Gasteiger partial charge in [0.1, 0.15) is 0 Å². The van der Waals surface area contributed by atoms with Crippen LogP contribution < -0.4 is 5.32 Å². The third kappa shape index (κ3) is 2.98. The number of aryl methyl sites for hydroxylation is 2. The molecule has 0 aliphatic rings. The molecule has 124 valence electrons. The molecule has 4 nitrogen and oxygen atoms in total. The lowest BCUT2D eigenvalue weighted by Crippen LogP contribution is -2.10. The lowest BCUT2D eigenvalue weighted by atomic mass is 10.1. The van der Waals surface area contributed by atoms with Crippen LogP contribution in [0.15, 0.2) is 59.0 Å². The Morgan fingerprint density at radius 1 is 1.08 bits per heavy atom. The van der Waals surface area contributed by atoms with E-state index in [4.69, 9.17) is 4.42 Å². The Kier molecular flexibility index (Phi) is 3.73. The number of furan rings is 1. The summed E-state index contributed by atoms with van der Waals surface area (Å²) >= 11 is 0. The van der Waals surface area contributed by atoms with Gasteiger partial charge in [0.05, 0.1) is 5.52 Å². The SMILES string of the molecule is CCc1cccc(NC(=O)c2cc3cc4ccc(C)cc4nc3o2)c1. The highest BCUT2D eigenvalue weighted by Gasteiger charge is 2.14. The summed E-state index contributed by atoms with van der Waals surface area (Å²) in [6, 6.07) is 17.6. The third-order valence-electron chi connectivity index (χ3n) is 4.28. The summed E-state index contributed by atoms with van der Waals surface area (Å²) in [5.41, 5.74) is 4.42. The van der Waals surface area contributed by atoms with Gasteiger partial charge in [0.25, 0.3) is 5.91 Å². The van der Waals surface area contributed by atoms with Crippen LogP contribution in [0.5, 0.6) is 0 Å². The molecule has 1 amide bonds. The van der Waals surface area contributed by atoms with Crippen molar-refractivity contribution in [2.45, 2.75) is 20.3 Å². The standard InChI is InChI=1S/C21H18N2O2/c1-3-14-5-4-6-17(10-14)22-20(24)19-12-16-11-15-8-7-13(2)9-18(15)23-21(16)25-19/h4-12H,3H2,1-2H3,(H,22,24). The number of nitrogens with one attached hydrogen (secondary N) is 1. The molecule has 2 heterocycles. The molecule has 0 unspecified atom stereocenters. The van der Waals surface area contributed by atoms with Crippen molar-refractivity contribution < 1.29 is 9.21 Å². The smallest absolute Gasteiger partial charge is 0.291 e. The first kappa shape index (κ1) is 15.4. The number of carbonyl (C=O) groups is 1. The maximum absolute atomic E-state index is 12.5. The predicted molar refractivity (Wildman–Crippen MR) is 100 cm³/mol. The Morgan fingerprint density at radius 2 is 1.96 bits per heavy atom. The highest BCUT2D eigenvalue weighted by molar-refractivity contribution is 6.05. The molecule has 4 rings (SSSR count). The number of benzene rings is 2. The average molecular weight is 330 g/mol. The fraction of sp³-hybridized carbons (Fsp3) is 0.143. The molecule has 0 aliphatic carbocycles. The molecule has 2 aromatic heterocycles.